The third-order valence-electron chi connectivity index (χ3n) is 5.71. The van der Waals surface area contributed by atoms with Crippen LogP contribution in [0.3, 0.4) is 0 Å². The van der Waals surface area contributed by atoms with Crippen molar-refractivity contribution in [3.05, 3.63) is 81.7 Å². The van der Waals surface area contributed by atoms with Gasteiger partial charge in [-0.05, 0) is 56.8 Å². The first kappa shape index (κ1) is 27.0. The Morgan fingerprint density at radius 2 is 1.75 bits per heavy atom. The van der Waals surface area contributed by atoms with Crippen molar-refractivity contribution in [1.82, 2.24) is 5.32 Å². The maximum Gasteiger partial charge on any atom is 0.267 e. The molecule has 1 saturated heterocycles. The fourth-order valence-corrected chi connectivity index (χ4v) is 5.30. The summed E-state index contributed by atoms with van der Waals surface area (Å²) in [6, 6.07) is 12.7. The topological polar surface area (TPSA) is 109 Å². The molecule has 0 spiro atoms. The lowest BCUT2D eigenvalue weighted by atomic mass is 10.1. The molecule has 1 fully saturated rings. The molecule has 0 atom stereocenters. The quantitative estimate of drug-likeness (QED) is 0.301. The van der Waals surface area contributed by atoms with E-state index in [1.807, 2.05) is 44.2 Å². The molecule has 0 radical (unpaired) electrons. The molecule has 2 aromatic carbocycles. The summed E-state index contributed by atoms with van der Waals surface area (Å²) in [5.74, 6) is -0.563. The van der Waals surface area contributed by atoms with E-state index in [0.717, 1.165) is 16.8 Å². The molecular weight excluding hydrogens is 480 g/mol. The molecule has 10 heteroatoms. The summed E-state index contributed by atoms with van der Waals surface area (Å²) >= 11 is 0. The van der Waals surface area contributed by atoms with E-state index in [1.54, 1.807) is 19.1 Å². The Labute approximate surface area is 212 Å². The van der Waals surface area contributed by atoms with Crippen molar-refractivity contribution in [2.24, 2.45) is 4.99 Å². The Bertz CT molecular complexity index is 1270. The molecule has 1 aliphatic rings. The summed E-state index contributed by atoms with van der Waals surface area (Å²) in [5.41, 5.74) is 3.54. The normalized spacial score (nSPS) is 15.1. The van der Waals surface area contributed by atoms with Gasteiger partial charge in [-0.3, -0.25) is 9.52 Å². The molecular formula is C26H32N4O5S. The minimum absolute atomic E-state index is 0.198. The van der Waals surface area contributed by atoms with Crippen molar-refractivity contribution in [2.75, 3.05) is 43.0 Å². The molecule has 2 N–H and O–H groups in total. The van der Waals surface area contributed by atoms with Crippen LogP contribution in [0.15, 0.2) is 70.0 Å². The van der Waals surface area contributed by atoms with E-state index in [1.165, 1.54) is 13.2 Å². The number of morpholine rings is 1. The molecule has 2 aromatic rings. The number of benzene rings is 2. The van der Waals surface area contributed by atoms with Crippen LogP contribution < -0.4 is 14.9 Å². The number of nitrogens with one attached hydrogen (secondary N) is 2. The molecule has 0 saturated carbocycles. The van der Waals surface area contributed by atoms with Gasteiger partial charge < -0.3 is 19.7 Å². The Morgan fingerprint density at radius 3 is 2.36 bits per heavy atom. The Kier molecular flexibility index (Phi) is 8.89. The summed E-state index contributed by atoms with van der Waals surface area (Å²) in [6.07, 6.45) is 1.30. The number of amides is 1. The summed E-state index contributed by atoms with van der Waals surface area (Å²) in [4.78, 5) is 18.7. The highest BCUT2D eigenvalue weighted by Crippen LogP contribution is 2.26. The van der Waals surface area contributed by atoms with Crippen LogP contribution in [-0.2, 0) is 19.5 Å². The average Bonchev–Trinajstić information content (AvgIpc) is 2.87. The van der Waals surface area contributed by atoms with Crippen molar-refractivity contribution >= 4 is 34.0 Å². The number of anilines is 2. The smallest absolute Gasteiger partial charge is 0.267 e. The van der Waals surface area contributed by atoms with Gasteiger partial charge in [-0.25, -0.2) is 13.4 Å². The zero-order valence-corrected chi connectivity index (χ0v) is 21.8. The second-order valence-corrected chi connectivity index (χ2v) is 9.95. The Hall–Kier alpha value is -3.63. The average molecular weight is 513 g/mol. The van der Waals surface area contributed by atoms with Gasteiger partial charge in [0.05, 0.1) is 31.6 Å². The molecule has 3 rings (SSSR count). The highest BCUT2D eigenvalue weighted by Gasteiger charge is 2.24. The van der Waals surface area contributed by atoms with Gasteiger partial charge in [0.2, 0.25) is 5.88 Å². The van der Waals surface area contributed by atoms with Crippen LogP contribution in [0.2, 0.25) is 0 Å². The number of allylic oxidation sites excluding steroid dienone is 2. The number of para-hydroxylation sites is 2. The third kappa shape index (κ3) is 6.32. The fraction of sp³-hybridized carbons (Fsp3) is 0.308. The number of ether oxygens (including phenoxy) is 2. The van der Waals surface area contributed by atoms with E-state index in [0.29, 0.717) is 37.6 Å². The zero-order chi connectivity index (χ0) is 26.3. The van der Waals surface area contributed by atoms with E-state index in [9.17, 15) is 13.2 Å². The molecule has 1 heterocycles. The minimum Gasteiger partial charge on any atom is -0.480 e. The number of aryl methyl sites for hydroxylation is 2. The predicted octanol–water partition coefficient (Wildman–Crippen LogP) is 3.73. The second-order valence-electron chi connectivity index (χ2n) is 8.30. The number of carbonyl (C=O) groups excluding carboxylic acids is 1. The number of carbonyl (C=O) groups is 1. The number of hydrogen-bond donors (Lipinski definition) is 2. The molecule has 0 aliphatic carbocycles. The van der Waals surface area contributed by atoms with Crippen molar-refractivity contribution in [2.45, 2.75) is 20.8 Å². The van der Waals surface area contributed by atoms with E-state index in [2.05, 4.69) is 26.6 Å². The highest BCUT2D eigenvalue weighted by molar-refractivity contribution is 7.96. The van der Waals surface area contributed by atoms with E-state index < -0.39 is 10.0 Å². The fourth-order valence-electron chi connectivity index (χ4n) is 3.89. The summed E-state index contributed by atoms with van der Waals surface area (Å²) < 4.78 is 40.0. The van der Waals surface area contributed by atoms with Crippen LogP contribution in [0.25, 0.3) is 0 Å². The lowest BCUT2D eigenvalue weighted by Crippen LogP contribution is -2.37. The van der Waals surface area contributed by atoms with Crippen molar-refractivity contribution < 1.29 is 22.7 Å². The first-order valence-corrected chi connectivity index (χ1v) is 12.9. The third-order valence-corrected chi connectivity index (χ3v) is 7.06. The zero-order valence-electron chi connectivity index (χ0n) is 21.0. The summed E-state index contributed by atoms with van der Waals surface area (Å²) in [7, 11) is -2.84. The Morgan fingerprint density at radius 1 is 1.11 bits per heavy atom. The van der Waals surface area contributed by atoms with Gasteiger partial charge >= 0.3 is 0 Å². The van der Waals surface area contributed by atoms with Gasteiger partial charge in [-0.2, -0.15) is 0 Å². The monoisotopic (exact) mass is 512 g/mol. The van der Waals surface area contributed by atoms with Crippen molar-refractivity contribution in [1.29, 1.82) is 0 Å². The summed E-state index contributed by atoms with van der Waals surface area (Å²) in [5, 5.41) is 2.79. The van der Waals surface area contributed by atoms with Gasteiger partial charge in [0.25, 0.3) is 15.9 Å². The van der Waals surface area contributed by atoms with E-state index >= 15 is 0 Å². The molecule has 0 unspecified atom stereocenters. The van der Waals surface area contributed by atoms with Gasteiger partial charge in [0, 0.05) is 24.5 Å². The molecule has 0 bridgehead atoms. The SMILES string of the molecule is C=N/C(OC)=C(\C=C(/C)NC(=O)c1ccccc1N1CCOCC1)S(=O)(=O)Nc1c(C)cccc1C. The largest absolute Gasteiger partial charge is 0.480 e. The number of hydrogen-bond acceptors (Lipinski definition) is 7. The van der Waals surface area contributed by atoms with Crippen molar-refractivity contribution in [3.8, 4) is 0 Å². The molecule has 1 aliphatic heterocycles. The molecule has 192 valence electrons. The number of aliphatic imine (C=N–C) groups is 1. The van der Waals surface area contributed by atoms with E-state index in [-0.39, 0.29) is 22.4 Å². The molecule has 9 nitrogen and oxygen atoms in total. The van der Waals surface area contributed by atoms with Crippen LogP contribution in [0.1, 0.15) is 28.4 Å². The van der Waals surface area contributed by atoms with E-state index in [4.69, 9.17) is 9.47 Å². The second kappa shape index (κ2) is 11.9. The van der Waals surface area contributed by atoms with Crippen LogP contribution in [0.4, 0.5) is 11.4 Å². The number of methoxy groups -OCH3 is 1. The maximum atomic E-state index is 13.4. The van der Waals surface area contributed by atoms with Gasteiger partial charge in [-0.1, -0.05) is 30.3 Å². The number of nitrogens with zero attached hydrogens (tertiary/aromatic N) is 2. The maximum absolute atomic E-state index is 13.4. The standard InChI is InChI=1S/C26H32N4O5S/c1-18-9-8-10-19(2)24(18)29-36(32,33)23(26(27-4)34-5)17-20(3)28-25(31)21-11-6-7-12-22(21)30-13-15-35-16-14-30/h6-12,17,29H,4,13-16H2,1-3,5H3,(H,28,31)/b20-17+,26-23-. The van der Waals surface area contributed by atoms with Gasteiger partial charge in [-0.15, -0.1) is 0 Å². The van der Waals surface area contributed by atoms with Gasteiger partial charge in [0.1, 0.15) is 0 Å². The minimum atomic E-state index is -4.14. The lowest BCUT2D eigenvalue weighted by molar-refractivity contribution is 0.0964. The number of rotatable bonds is 9. The lowest BCUT2D eigenvalue weighted by Gasteiger charge is -2.30. The first-order valence-electron chi connectivity index (χ1n) is 11.4. The molecule has 36 heavy (non-hydrogen) atoms. The van der Waals surface area contributed by atoms with Crippen LogP contribution in [0.5, 0.6) is 0 Å². The summed E-state index contributed by atoms with van der Waals surface area (Å²) in [6.45, 7) is 11.2. The highest BCUT2D eigenvalue weighted by atomic mass is 32.2. The number of sulfonamides is 1. The predicted molar refractivity (Wildman–Crippen MR) is 143 cm³/mol. The first-order chi connectivity index (χ1) is 17.2. The van der Waals surface area contributed by atoms with Gasteiger partial charge in [0.15, 0.2) is 4.91 Å². The Balaban J connectivity index is 1.92. The van der Waals surface area contributed by atoms with Crippen LogP contribution >= 0.6 is 0 Å². The van der Waals surface area contributed by atoms with Crippen molar-refractivity contribution in [3.63, 3.8) is 0 Å². The molecule has 1 amide bonds. The molecule has 0 aromatic heterocycles. The van der Waals surface area contributed by atoms with Crippen LogP contribution in [0, 0.1) is 13.8 Å². The van der Waals surface area contributed by atoms with Crippen LogP contribution in [-0.4, -0.2) is 54.5 Å².